The van der Waals surface area contributed by atoms with E-state index in [-0.39, 0.29) is 6.10 Å². The molecule has 2 N–H and O–H groups in total. The monoisotopic (exact) mass is 193 g/mol. The van der Waals surface area contributed by atoms with Crippen molar-refractivity contribution in [3.63, 3.8) is 0 Å². The van der Waals surface area contributed by atoms with E-state index in [0.29, 0.717) is 0 Å². The maximum Gasteiger partial charge on any atom is 0.0528 e. The first-order valence-corrected chi connectivity index (χ1v) is 5.24. The molecule has 1 aromatic rings. The van der Waals surface area contributed by atoms with E-state index in [2.05, 4.69) is 30.4 Å². The van der Waals surface area contributed by atoms with E-state index in [1.54, 1.807) is 0 Å². The van der Waals surface area contributed by atoms with Gasteiger partial charge in [0, 0.05) is 12.2 Å². The summed E-state index contributed by atoms with van der Waals surface area (Å²) in [6.45, 7) is 4.79. The summed E-state index contributed by atoms with van der Waals surface area (Å²) in [6.07, 6.45) is 1.60. The lowest BCUT2D eigenvalue weighted by Crippen LogP contribution is -2.10. The quantitative estimate of drug-likeness (QED) is 0.752. The lowest BCUT2D eigenvalue weighted by atomic mass is 10.1. The molecule has 1 atom stereocenters. The maximum atomic E-state index is 9.12. The van der Waals surface area contributed by atoms with Gasteiger partial charge in [-0.15, -0.1) is 0 Å². The zero-order valence-electron chi connectivity index (χ0n) is 8.96. The number of aryl methyl sites for hydroxylation is 1. The second-order valence-corrected chi connectivity index (χ2v) is 3.58. The lowest BCUT2D eigenvalue weighted by molar-refractivity contribution is 0.189. The Hall–Kier alpha value is -1.02. The third-order valence-electron chi connectivity index (χ3n) is 2.28. The average molecular weight is 193 g/mol. The average Bonchev–Trinajstić information content (AvgIpc) is 2.18. The van der Waals surface area contributed by atoms with Crippen LogP contribution in [0.2, 0.25) is 0 Å². The Kier molecular flexibility index (Phi) is 4.47. The van der Waals surface area contributed by atoms with Crippen molar-refractivity contribution in [1.82, 2.24) is 0 Å². The normalized spacial score (nSPS) is 12.5. The summed E-state index contributed by atoms with van der Waals surface area (Å²) in [4.78, 5) is 0. The Balaban J connectivity index is 2.49. The molecule has 0 saturated carbocycles. The van der Waals surface area contributed by atoms with Gasteiger partial charge in [-0.1, -0.05) is 25.1 Å². The number of hydrogen-bond acceptors (Lipinski definition) is 2. The molecule has 2 heteroatoms. The molecule has 0 aliphatic rings. The summed E-state index contributed by atoms with van der Waals surface area (Å²) in [5.74, 6) is 0. The van der Waals surface area contributed by atoms with Gasteiger partial charge in [-0.2, -0.15) is 0 Å². The minimum Gasteiger partial charge on any atom is -0.393 e. The van der Waals surface area contributed by atoms with Crippen molar-refractivity contribution in [3.05, 3.63) is 29.8 Å². The molecule has 0 aliphatic carbocycles. The summed E-state index contributed by atoms with van der Waals surface area (Å²) >= 11 is 0. The third-order valence-corrected chi connectivity index (χ3v) is 2.28. The van der Waals surface area contributed by atoms with Crippen LogP contribution in [0.5, 0.6) is 0 Å². The van der Waals surface area contributed by atoms with E-state index < -0.39 is 0 Å². The minimum atomic E-state index is -0.226. The number of anilines is 1. The van der Waals surface area contributed by atoms with Crippen LogP contribution >= 0.6 is 0 Å². The molecule has 0 fully saturated rings. The van der Waals surface area contributed by atoms with Gasteiger partial charge in [0.05, 0.1) is 6.10 Å². The summed E-state index contributed by atoms with van der Waals surface area (Å²) in [5, 5.41) is 12.5. The SMILES string of the molecule is CCc1ccccc1NCCC(C)O. The summed E-state index contributed by atoms with van der Waals surface area (Å²) in [7, 11) is 0. The zero-order chi connectivity index (χ0) is 10.4. The van der Waals surface area contributed by atoms with E-state index >= 15 is 0 Å². The number of benzene rings is 1. The Morgan fingerprint density at radius 2 is 2.07 bits per heavy atom. The summed E-state index contributed by atoms with van der Waals surface area (Å²) in [5.41, 5.74) is 2.52. The highest BCUT2D eigenvalue weighted by Gasteiger charge is 1.99. The molecule has 78 valence electrons. The van der Waals surface area contributed by atoms with Crippen molar-refractivity contribution in [2.75, 3.05) is 11.9 Å². The number of rotatable bonds is 5. The fourth-order valence-corrected chi connectivity index (χ4v) is 1.42. The van der Waals surface area contributed by atoms with Gasteiger partial charge in [0.15, 0.2) is 0 Å². The molecule has 14 heavy (non-hydrogen) atoms. The standard InChI is InChI=1S/C12H19NO/c1-3-11-6-4-5-7-12(11)13-9-8-10(2)14/h4-7,10,13-14H,3,8-9H2,1-2H3. The molecule has 0 saturated heterocycles. The summed E-state index contributed by atoms with van der Waals surface area (Å²) < 4.78 is 0. The molecular weight excluding hydrogens is 174 g/mol. The van der Waals surface area contributed by atoms with Crippen LogP contribution in [0, 0.1) is 0 Å². The van der Waals surface area contributed by atoms with Crippen LogP contribution in [0.4, 0.5) is 5.69 Å². The number of nitrogens with one attached hydrogen (secondary N) is 1. The maximum absolute atomic E-state index is 9.12. The van der Waals surface area contributed by atoms with Gasteiger partial charge in [0.25, 0.3) is 0 Å². The fraction of sp³-hybridized carbons (Fsp3) is 0.500. The first-order chi connectivity index (χ1) is 6.74. The van der Waals surface area contributed by atoms with Crippen LogP contribution < -0.4 is 5.32 Å². The van der Waals surface area contributed by atoms with Crippen molar-refractivity contribution >= 4 is 5.69 Å². The van der Waals surface area contributed by atoms with Crippen molar-refractivity contribution in [1.29, 1.82) is 0 Å². The van der Waals surface area contributed by atoms with Crippen molar-refractivity contribution in [3.8, 4) is 0 Å². The molecule has 0 aromatic heterocycles. The van der Waals surface area contributed by atoms with E-state index in [1.807, 2.05) is 13.0 Å². The van der Waals surface area contributed by atoms with Gasteiger partial charge in [-0.3, -0.25) is 0 Å². The molecule has 0 aliphatic heterocycles. The van der Waals surface area contributed by atoms with Crippen LogP contribution in [0.3, 0.4) is 0 Å². The van der Waals surface area contributed by atoms with E-state index in [9.17, 15) is 0 Å². The minimum absolute atomic E-state index is 0.226. The Labute approximate surface area is 86.0 Å². The zero-order valence-corrected chi connectivity index (χ0v) is 8.96. The highest BCUT2D eigenvalue weighted by molar-refractivity contribution is 5.50. The molecule has 1 unspecified atom stereocenters. The second-order valence-electron chi connectivity index (χ2n) is 3.58. The van der Waals surface area contributed by atoms with Crippen LogP contribution in [-0.4, -0.2) is 17.8 Å². The van der Waals surface area contributed by atoms with Crippen LogP contribution in [0.15, 0.2) is 24.3 Å². The molecule has 0 bridgehead atoms. The van der Waals surface area contributed by atoms with E-state index in [1.165, 1.54) is 11.3 Å². The van der Waals surface area contributed by atoms with Crippen molar-refractivity contribution in [2.45, 2.75) is 32.8 Å². The molecule has 0 heterocycles. The fourth-order valence-electron chi connectivity index (χ4n) is 1.42. The molecule has 2 nitrogen and oxygen atoms in total. The number of aliphatic hydroxyl groups is 1. The second kappa shape index (κ2) is 5.66. The van der Waals surface area contributed by atoms with Gasteiger partial charge >= 0.3 is 0 Å². The molecule has 0 radical (unpaired) electrons. The highest BCUT2D eigenvalue weighted by Crippen LogP contribution is 2.15. The predicted octanol–water partition coefficient (Wildman–Crippen LogP) is 2.43. The van der Waals surface area contributed by atoms with Crippen molar-refractivity contribution in [2.24, 2.45) is 0 Å². The Morgan fingerprint density at radius 3 is 2.71 bits per heavy atom. The topological polar surface area (TPSA) is 32.3 Å². The molecule has 0 amide bonds. The number of hydrogen-bond donors (Lipinski definition) is 2. The van der Waals surface area contributed by atoms with Gasteiger partial charge in [0.2, 0.25) is 0 Å². The van der Waals surface area contributed by atoms with Crippen LogP contribution in [-0.2, 0) is 6.42 Å². The van der Waals surface area contributed by atoms with Gasteiger partial charge in [0.1, 0.15) is 0 Å². The van der Waals surface area contributed by atoms with Gasteiger partial charge in [-0.25, -0.2) is 0 Å². The van der Waals surface area contributed by atoms with Crippen LogP contribution in [0.25, 0.3) is 0 Å². The molecule has 1 aromatic carbocycles. The summed E-state index contributed by atoms with van der Waals surface area (Å²) in [6, 6.07) is 8.30. The predicted molar refractivity (Wildman–Crippen MR) is 60.6 cm³/mol. The number of aliphatic hydroxyl groups excluding tert-OH is 1. The first kappa shape index (κ1) is 11.1. The lowest BCUT2D eigenvalue weighted by Gasteiger charge is -2.11. The number of para-hydroxylation sites is 1. The Bertz CT molecular complexity index is 271. The third kappa shape index (κ3) is 3.38. The molecule has 0 spiro atoms. The van der Waals surface area contributed by atoms with E-state index in [4.69, 9.17) is 5.11 Å². The largest absolute Gasteiger partial charge is 0.393 e. The molecule has 1 rings (SSSR count). The smallest absolute Gasteiger partial charge is 0.0528 e. The highest BCUT2D eigenvalue weighted by atomic mass is 16.3. The Morgan fingerprint density at radius 1 is 1.36 bits per heavy atom. The van der Waals surface area contributed by atoms with Crippen molar-refractivity contribution < 1.29 is 5.11 Å². The first-order valence-electron chi connectivity index (χ1n) is 5.24. The van der Waals surface area contributed by atoms with Gasteiger partial charge in [-0.05, 0) is 31.4 Å². The van der Waals surface area contributed by atoms with Gasteiger partial charge < -0.3 is 10.4 Å². The van der Waals surface area contributed by atoms with Crippen LogP contribution in [0.1, 0.15) is 25.8 Å². The van der Waals surface area contributed by atoms with E-state index in [0.717, 1.165) is 19.4 Å². The molecular formula is C12H19NO.